The molecule has 1 N–H and O–H groups in total. The van der Waals surface area contributed by atoms with Crippen LogP contribution in [-0.4, -0.2) is 31.1 Å². The fourth-order valence-corrected chi connectivity index (χ4v) is 4.54. The lowest BCUT2D eigenvalue weighted by Gasteiger charge is -2.40. The van der Waals surface area contributed by atoms with E-state index in [0.29, 0.717) is 6.42 Å². The third-order valence-electron chi connectivity index (χ3n) is 6.35. The molecule has 5 heteroatoms. The highest BCUT2D eigenvalue weighted by Gasteiger charge is 2.43. The number of carbonyl (C=O) groups excluding carboxylic acids is 2. The molecule has 0 aliphatic heterocycles. The standard InChI is InChI=1S/C30H34FNO3/c1-21(2)20-26(28(33)27(31)22(3)29(34)35-4)32-30(23-14-8-5-9-15-23,24-16-10-6-11-17-24)25-18-12-7-13-19-25/h5-19,21-22,26-27,32H,20H2,1-4H3/t22-,26+,27+/m1/s1. The van der Waals surface area contributed by atoms with Crippen molar-refractivity contribution in [3.05, 3.63) is 108 Å². The van der Waals surface area contributed by atoms with E-state index in [2.05, 4.69) is 5.32 Å². The van der Waals surface area contributed by atoms with Gasteiger partial charge in [-0.15, -0.1) is 0 Å². The first-order chi connectivity index (χ1) is 16.8. The van der Waals surface area contributed by atoms with E-state index in [0.717, 1.165) is 16.7 Å². The van der Waals surface area contributed by atoms with Crippen molar-refractivity contribution >= 4 is 11.8 Å². The van der Waals surface area contributed by atoms with Gasteiger partial charge in [-0.3, -0.25) is 14.9 Å². The summed E-state index contributed by atoms with van der Waals surface area (Å²) in [6.07, 6.45) is -1.58. The Labute approximate surface area is 207 Å². The first kappa shape index (κ1) is 26.3. The molecule has 0 aromatic heterocycles. The molecule has 3 rings (SSSR count). The van der Waals surface area contributed by atoms with Gasteiger partial charge in [0.1, 0.15) is 0 Å². The van der Waals surface area contributed by atoms with Gasteiger partial charge in [0.05, 0.1) is 24.6 Å². The Kier molecular flexibility index (Phi) is 8.94. The van der Waals surface area contributed by atoms with Crippen LogP contribution in [0.4, 0.5) is 4.39 Å². The molecule has 0 unspecified atom stereocenters. The molecule has 0 fully saturated rings. The second-order valence-corrected chi connectivity index (χ2v) is 9.29. The van der Waals surface area contributed by atoms with Crippen LogP contribution in [-0.2, 0) is 19.9 Å². The summed E-state index contributed by atoms with van der Waals surface area (Å²) in [6, 6.07) is 28.7. The first-order valence-corrected chi connectivity index (χ1v) is 12.0. The second-order valence-electron chi connectivity index (χ2n) is 9.29. The van der Waals surface area contributed by atoms with Crippen molar-refractivity contribution in [1.29, 1.82) is 0 Å². The molecular formula is C30H34FNO3. The minimum Gasteiger partial charge on any atom is -0.469 e. The summed E-state index contributed by atoms with van der Waals surface area (Å²) >= 11 is 0. The number of Topliss-reactive ketones (excluding diaryl/α,β-unsaturated/α-hetero) is 1. The molecule has 0 spiro atoms. The van der Waals surface area contributed by atoms with Crippen LogP contribution in [0.1, 0.15) is 43.9 Å². The van der Waals surface area contributed by atoms with E-state index >= 15 is 4.39 Å². The van der Waals surface area contributed by atoms with E-state index < -0.39 is 35.4 Å². The van der Waals surface area contributed by atoms with Crippen molar-refractivity contribution in [3.8, 4) is 0 Å². The van der Waals surface area contributed by atoms with Crippen LogP contribution in [0.15, 0.2) is 91.0 Å². The fourth-order valence-electron chi connectivity index (χ4n) is 4.54. The SMILES string of the molecule is COC(=O)[C@H](C)[C@H](F)C(=O)[C@H](CC(C)C)NC(c1ccccc1)(c1ccccc1)c1ccccc1. The van der Waals surface area contributed by atoms with E-state index in [1.54, 1.807) is 0 Å². The maximum atomic E-state index is 15.4. The molecule has 0 saturated heterocycles. The zero-order valence-electron chi connectivity index (χ0n) is 20.8. The zero-order valence-corrected chi connectivity index (χ0v) is 20.8. The Bertz CT molecular complexity index is 990. The molecule has 0 amide bonds. The molecule has 0 aliphatic carbocycles. The summed E-state index contributed by atoms with van der Waals surface area (Å²) in [6.45, 7) is 5.38. The van der Waals surface area contributed by atoms with Crippen molar-refractivity contribution in [2.45, 2.75) is 44.9 Å². The van der Waals surface area contributed by atoms with Crippen LogP contribution in [0.5, 0.6) is 0 Å². The van der Waals surface area contributed by atoms with Gasteiger partial charge in [-0.05, 0) is 36.0 Å². The van der Waals surface area contributed by atoms with Gasteiger partial charge in [-0.2, -0.15) is 0 Å². The van der Waals surface area contributed by atoms with Crippen molar-refractivity contribution in [1.82, 2.24) is 5.32 Å². The second kappa shape index (κ2) is 11.9. The summed E-state index contributed by atoms with van der Waals surface area (Å²) in [5.41, 5.74) is 1.86. The normalized spacial score (nSPS) is 14.2. The van der Waals surface area contributed by atoms with Crippen LogP contribution in [0.2, 0.25) is 0 Å². The number of halogens is 1. The van der Waals surface area contributed by atoms with Gasteiger partial charge >= 0.3 is 5.97 Å². The minimum atomic E-state index is -1.99. The van der Waals surface area contributed by atoms with E-state index in [4.69, 9.17) is 4.74 Å². The lowest BCUT2D eigenvalue weighted by molar-refractivity contribution is -0.150. The van der Waals surface area contributed by atoms with Gasteiger partial charge in [-0.1, -0.05) is 105 Å². The summed E-state index contributed by atoms with van der Waals surface area (Å²) in [4.78, 5) is 25.6. The molecule has 3 atom stereocenters. The average Bonchev–Trinajstić information content (AvgIpc) is 2.90. The molecule has 3 aromatic rings. The van der Waals surface area contributed by atoms with Crippen LogP contribution in [0.25, 0.3) is 0 Å². The average molecular weight is 476 g/mol. The number of methoxy groups -OCH3 is 1. The minimum absolute atomic E-state index is 0.108. The quantitative estimate of drug-likeness (QED) is 0.286. The van der Waals surface area contributed by atoms with E-state index in [1.807, 2.05) is 105 Å². The third-order valence-corrected chi connectivity index (χ3v) is 6.35. The number of benzene rings is 3. The number of ether oxygens (including phenoxy) is 1. The predicted molar refractivity (Wildman–Crippen MR) is 137 cm³/mol. The Morgan fingerprint density at radius 3 is 1.54 bits per heavy atom. The summed E-state index contributed by atoms with van der Waals surface area (Å²) in [5.74, 6) is -2.47. The summed E-state index contributed by atoms with van der Waals surface area (Å²) in [5, 5.41) is 3.60. The molecule has 0 bridgehead atoms. The first-order valence-electron chi connectivity index (χ1n) is 12.0. The third kappa shape index (κ3) is 5.85. The Morgan fingerprint density at radius 1 is 0.800 bits per heavy atom. The van der Waals surface area contributed by atoms with E-state index in [1.165, 1.54) is 14.0 Å². The Balaban J connectivity index is 2.20. The number of carbonyl (C=O) groups is 2. The van der Waals surface area contributed by atoms with Crippen LogP contribution < -0.4 is 5.32 Å². The number of hydrogen-bond donors (Lipinski definition) is 1. The molecule has 4 nitrogen and oxygen atoms in total. The smallest absolute Gasteiger partial charge is 0.311 e. The number of alkyl halides is 1. The Morgan fingerprint density at radius 2 is 1.20 bits per heavy atom. The van der Waals surface area contributed by atoms with Crippen molar-refractivity contribution in [2.75, 3.05) is 7.11 Å². The fraction of sp³-hybridized carbons (Fsp3) is 0.333. The van der Waals surface area contributed by atoms with Gasteiger partial charge in [0, 0.05) is 0 Å². The maximum absolute atomic E-state index is 15.4. The number of nitrogens with one attached hydrogen (secondary N) is 1. The van der Waals surface area contributed by atoms with Gasteiger partial charge in [0.2, 0.25) is 0 Å². The van der Waals surface area contributed by atoms with Crippen molar-refractivity contribution in [3.63, 3.8) is 0 Å². The topological polar surface area (TPSA) is 55.4 Å². The lowest BCUT2D eigenvalue weighted by atomic mass is 9.75. The number of ketones is 1. The zero-order chi connectivity index (χ0) is 25.4. The van der Waals surface area contributed by atoms with Crippen LogP contribution in [0.3, 0.4) is 0 Å². The number of esters is 1. The van der Waals surface area contributed by atoms with Crippen LogP contribution in [0, 0.1) is 11.8 Å². The lowest BCUT2D eigenvalue weighted by Crippen LogP contribution is -2.55. The molecule has 0 saturated carbocycles. The van der Waals surface area contributed by atoms with Gasteiger partial charge in [0.15, 0.2) is 12.0 Å². The molecule has 35 heavy (non-hydrogen) atoms. The van der Waals surface area contributed by atoms with E-state index in [-0.39, 0.29) is 5.92 Å². The number of hydrogen-bond acceptors (Lipinski definition) is 4. The van der Waals surface area contributed by atoms with E-state index in [9.17, 15) is 9.59 Å². The highest BCUT2D eigenvalue weighted by atomic mass is 19.1. The van der Waals surface area contributed by atoms with Crippen molar-refractivity contribution < 1.29 is 18.7 Å². The molecule has 3 aromatic carbocycles. The summed E-state index contributed by atoms with van der Waals surface area (Å²) in [7, 11) is 1.20. The molecule has 0 radical (unpaired) electrons. The monoisotopic (exact) mass is 475 g/mol. The maximum Gasteiger partial charge on any atom is 0.311 e. The highest BCUT2D eigenvalue weighted by Crippen LogP contribution is 2.38. The Hall–Kier alpha value is -3.31. The molecule has 0 aliphatic rings. The van der Waals surface area contributed by atoms with Gasteiger partial charge in [0.25, 0.3) is 0 Å². The van der Waals surface area contributed by atoms with Crippen molar-refractivity contribution in [2.24, 2.45) is 11.8 Å². The largest absolute Gasteiger partial charge is 0.469 e. The number of rotatable bonds is 11. The van der Waals surface area contributed by atoms with Gasteiger partial charge in [-0.25, -0.2) is 4.39 Å². The van der Waals surface area contributed by atoms with Crippen LogP contribution >= 0.6 is 0 Å². The summed E-state index contributed by atoms with van der Waals surface area (Å²) < 4.78 is 20.1. The molecular weight excluding hydrogens is 441 g/mol. The molecule has 0 heterocycles. The van der Waals surface area contributed by atoms with Gasteiger partial charge < -0.3 is 4.74 Å². The predicted octanol–water partition coefficient (Wildman–Crippen LogP) is 5.70. The molecule has 184 valence electrons. The highest BCUT2D eigenvalue weighted by molar-refractivity contribution is 5.92.